The Morgan fingerprint density at radius 2 is 1.71 bits per heavy atom. The number of aromatic nitrogens is 4. The molecule has 0 bridgehead atoms. The number of hydrogen-bond acceptors (Lipinski definition) is 3. The zero-order valence-corrected chi connectivity index (χ0v) is 11.0. The van der Waals surface area contributed by atoms with E-state index in [1.54, 1.807) is 4.68 Å². The molecule has 0 unspecified atom stereocenters. The smallest absolute Gasteiger partial charge is 0.216 e. The van der Waals surface area contributed by atoms with Gasteiger partial charge in [0.1, 0.15) is 0 Å². The average molecular weight is 230 g/mol. The van der Waals surface area contributed by atoms with Crippen molar-refractivity contribution in [3.8, 4) is 5.95 Å². The maximum absolute atomic E-state index is 4.57. The van der Waals surface area contributed by atoms with E-state index in [9.17, 15) is 0 Å². The van der Waals surface area contributed by atoms with Gasteiger partial charge in [0, 0.05) is 17.1 Å². The Kier molecular flexibility index (Phi) is 2.96. The molecular weight excluding hydrogens is 212 g/mol. The molecule has 0 aromatic carbocycles. The number of nitrogens with zero attached hydrogens (tertiary/aromatic N) is 4. The van der Waals surface area contributed by atoms with Crippen molar-refractivity contribution >= 4 is 0 Å². The Morgan fingerprint density at radius 1 is 1.00 bits per heavy atom. The lowest BCUT2D eigenvalue weighted by molar-refractivity contribution is 0.733. The van der Waals surface area contributed by atoms with E-state index in [1.807, 2.05) is 32.9 Å². The monoisotopic (exact) mass is 230 g/mol. The molecule has 4 heteroatoms. The van der Waals surface area contributed by atoms with Gasteiger partial charge in [-0.2, -0.15) is 5.10 Å². The van der Waals surface area contributed by atoms with Crippen LogP contribution in [0.4, 0.5) is 0 Å². The van der Waals surface area contributed by atoms with Gasteiger partial charge in [0.15, 0.2) is 0 Å². The minimum Gasteiger partial charge on any atom is -0.216 e. The Bertz CT molecular complexity index is 540. The number of rotatable bonds is 2. The number of aryl methyl sites for hydroxylation is 3. The van der Waals surface area contributed by atoms with Gasteiger partial charge in [0.25, 0.3) is 5.95 Å². The zero-order chi connectivity index (χ0) is 12.6. The maximum atomic E-state index is 4.57. The van der Waals surface area contributed by atoms with E-state index in [0.29, 0.717) is 11.9 Å². The molecule has 0 radical (unpaired) electrons. The maximum Gasteiger partial charge on any atom is 0.251 e. The van der Waals surface area contributed by atoms with Crippen LogP contribution >= 0.6 is 0 Å². The summed E-state index contributed by atoms with van der Waals surface area (Å²) < 4.78 is 1.80. The zero-order valence-electron chi connectivity index (χ0n) is 11.0. The van der Waals surface area contributed by atoms with Crippen molar-refractivity contribution in [2.45, 2.75) is 40.5 Å². The van der Waals surface area contributed by atoms with Crippen molar-refractivity contribution in [2.75, 3.05) is 0 Å². The molecule has 0 fully saturated rings. The molecule has 0 atom stereocenters. The first-order chi connectivity index (χ1) is 7.97. The van der Waals surface area contributed by atoms with Crippen molar-refractivity contribution in [1.29, 1.82) is 0 Å². The fourth-order valence-corrected chi connectivity index (χ4v) is 1.80. The van der Waals surface area contributed by atoms with Crippen LogP contribution in [0.15, 0.2) is 12.1 Å². The summed E-state index contributed by atoms with van der Waals surface area (Å²) in [5.74, 6) is 1.06. The summed E-state index contributed by atoms with van der Waals surface area (Å²) in [6, 6.07) is 4.06. The molecule has 90 valence electrons. The second kappa shape index (κ2) is 4.28. The lowest BCUT2D eigenvalue weighted by Gasteiger charge is -2.09. The molecular formula is C13H18N4. The third kappa shape index (κ3) is 2.35. The number of hydrogen-bond donors (Lipinski definition) is 0. The molecule has 0 spiro atoms. The third-order valence-corrected chi connectivity index (χ3v) is 2.65. The Labute approximate surface area is 102 Å². The van der Waals surface area contributed by atoms with Gasteiger partial charge in [-0.25, -0.2) is 14.6 Å². The van der Waals surface area contributed by atoms with Crippen molar-refractivity contribution in [2.24, 2.45) is 0 Å². The Morgan fingerprint density at radius 3 is 2.24 bits per heavy atom. The fourth-order valence-electron chi connectivity index (χ4n) is 1.80. The van der Waals surface area contributed by atoms with Crippen molar-refractivity contribution in [1.82, 2.24) is 19.7 Å². The fraction of sp³-hybridized carbons (Fsp3) is 0.462. The molecule has 2 aromatic heterocycles. The SMILES string of the molecule is Cc1cc(C(C)C)nc(-n2nc(C)cc2C)n1. The second-order valence-corrected chi connectivity index (χ2v) is 4.73. The summed E-state index contributed by atoms with van der Waals surface area (Å²) in [6.45, 7) is 10.2. The summed E-state index contributed by atoms with van der Waals surface area (Å²) in [5, 5.41) is 4.41. The highest BCUT2D eigenvalue weighted by Crippen LogP contribution is 2.15. The first-order valence-corrected chi connectivity index (χ1v) is 5.86. The molecule has 0 aliphatic heterocycles. The third-order valence-electron chi connectivity index (χ3n) is 2.65. The van der Waals surface area contributed by atoms with E-state index in [4.69, 9.17) is 0 Å². The molecule has 0 aliphatic rings. The van der Waals surface area contributed by atoms with E-state index in [1.165, 1.54) is 0 Å². The molecule has 17 heavy (non-hydrogen) atoms. The minimum absolute atomic E-state index is 0.396. The van der Waals surface area contributed by atoms with Gasteiger partial charge in [0.05, 0.1) is 5.69 Å². The van der Waals surface area contributed by atoms with Gasteiger partial charge in [-0.3, -0.25) is 0 Å². The molecule has 4 nitrogen and oxygen atoms in total. The average Bonchev–Trinajstić information content (AvgIpc) is 2.57. The lowest BCUT2D eigenvalue weighted by atomic mass is 10.1. The Balaban J connectivity index is 2.55. The predicted molar refractivity (Wildman–Crippen MR) is 67.5 cm³/mol. The highest BCUT2D eigenvalue weighted by atomic mass is 15.4. The van der Waals surface area contributed by atoms with Gasteiger partial charge in [0.2, 0.25) is 0 Å². The normalized spacial score (nSPS) is 11.2. The molecule has 0 N–H and O–H groups in total. The quantitative estimate of drug-likeness (QED) is 0.796. The van der Waals surface area contributed by atoms with Crippen LogP contribution in [0.2, 0.25) is 0 Å². The summed E-state index contributed by atoms with van der Waals surface area (Å²) in [4.78, 5) is 9.02. The van der Waals surface area contributed by atoms with E-state index >= 15 is 0 Å². The molecule has 2 heterocycles. The second-order valence-electron chi connectivity index (χ2n) is 4.73. The van der Waals surface area contributed by atoms with E-state index < -0.39 is 0 Å². The van der Waals surface area contributed by atoms with E-state index in [0.717, 1.165) is 22.8 Å². The predicted octanol–water partition coefficient (Wildman–Crippen LogP) is 2.71. The van der Waals surface area contributed by atoms with Crippen LogP contribution in [-0.2, 0) is 0 Å². The van der Waals surface area contributed by atoms with E-state index in [-0.39, 0.29) is 0 Å². The first-order valence-electron chi connectivity index (χ1n) is 5.86. The van der Waals surface area contributed by atoms with E-state index in [2.05, 4.69) is 28.9 Å². The highest BCUT2D eigenvalue weighted by molar-refractivity contribution is 5.23. The molecule has 0 aliphatic carbocycles. The van der Waals surface area contributed by atoms with Crippen LogP contribution in [0.3, 0.4) is 0 Å². The summed E-state index contributed by atoms with van der Waals surface area (Å²) >= 11 is 0. The van der Waals surface area contributed by atoms with Crippen LogP contribution < -0.4 is 0 Å². The largest absolute Gasteiger partial charge is 0.251 e. The van der Waals surface area contributed by atoms with Crippen LogP contribution in [0, 0.1) is 20.8 Å². The summed E-state index contributed by atoms with van der Waals surface area (Å²) in [7, 11) is 0. The van der Waals surface area contributed by atoms with Crippen molar-refractivity contribution in [3.63, 3.8) is 0 Å². The van der Waals surface area contributed by atoms with Crippen LogP contribution in [0.25, 0.3) is 5.95 Å². The molecule has 0 saturated carbocycles. The topological polar surface area (TPSA) is 43.6 Å². The van der Waals surface area contributed by atoms with Gasteiger partial charge >= 0.3 is 0 Å². The minimum atomic E-state index is 0.396. The highest BCUT2D eigenvalue weighted by Gasteiger charge is 2.10. The Hall–Kier alpha value is -1.71. The lowest BCUT2D eigenvalue weighted by Crippen LogP contribution is -2.08. The van der Waals surface area contributed by atoms with Crippen molar-refractivity contribution < 1.29 is 0 Å². The van der Waals surface area contributed by atoms with Gasteiger partial charge in [-0.15, -0.1) is 0 Å². The van der Waals surface area contributed by atoms with Crippen LogP contribution in [0.1, 0.15) is 42.5 Å². The summed E-state index contributed by atoms with van der Waals surface area (Å²) in [5.41, 5.74) is 4.08. The molecule has 0 amide bonds. The summed E-state index contributed by atoms with van der Waals surface area (Å²) in [6.07, 6.45) is 0. The van der Waals surface area contributed by atoms with Crippen LogP contribution in [-0.4, -0.2) is 19.7 Å². The molecule has 2 rings (SSSR count). The van der Waals surface area contributed by atoms with Gasteiger partial charge in [-0.1, -0.05) is 13.8 Å². The standard InChI is InChI=1S/C13H18N4/c1-8(2)12-7-9(3)14-13(15-12)17-11(5)6-10(4)16-17/h6-8H,1-5H3. The van der Waals surface area contributed by atoms with Gasteiger partial charge < -0.3 is 0 Å². The molecule has 0 saturated heterocycles. The van der Waals surface area contributed by atoms with Gasteiger partial charge in [-0.05, 0) is 38.8 Å². The van der Waals surface area contributed by atoms with Crippen LogP contribution in [0.5, 0.6) is 0 Å². The molecule has 2 aromatic rings. The first kappa shape index (κ1) is 11.8. The van der Waals surface area contributed by atoms with Crippen molar-refractivity contribution in [3.05, 3.63) is 34.9 Å².